The Morgan fingerprint density at radius 2 is 1.87 bits per heavy atom. The molecule has 8 nitrogen and oxygen atoms in total. The van der Waals surface area contributed by atoms with Crippen molar-refractivity contribution in [2.75, 3.05) is 73.1 Å². The molecule has 2 aliphatic rings. The number of nitrogens with zero attached hydrogens (tertiary/aromatic N) is 3. The first-order chi connectivity index (χ1) is 14.5. The number of aliphatic imine (C=N–C) groups is 1. The van der Waals surface area contributed by atoms with E-state index in [9.17, 15) is 0 Å². The lowest BCUT2D eigenvalue weighted by Gasteiger charge is -2.43. The molecule has 3 rings (SSSR count). The van der Waals surface area contributed by atoms with Gasteiger partial charge in [0, 0.05) is 75.4 Å². The quantitative estimate of drug-likeness (QED) is 0.513. The molecule has 1 unspecified atom stereocenters. The molecule has 30 heavy (non-hydrogen) atoms. The molecule has 2 heterocycles. The van der Waals surface area contributed by atoms with Crippen LogP contribution in [0.15, 0.2) is 23.2 Å². The Hall–Kier alpha value is -2.19. The molecular weight excluding hydrogens is 382 g/mol. The third kappa shape index (κ3) is 5.29. The zero-order valence-corrected chi connectivity index (χ0v) is 19.0. The largest absolute Gasteiger partial charge is 0.497 e. The van der Waals surface area contributed by atoms with Gasteiger partial charge in [0.25, 0.3) is 0 Å². The van der Waals surface area contributed by atoms with E-state index >= 15 is 0 Å². The molecule has 0 amide bonds. The number of rotatable bonds is 7. The topological polar surface area (TPSA) is 70.6 Å². The molecule has 0 bridgehead atoms. The Morgan fingerprint density at radius 3 is 2.43 bits per heavy atom. The van der Waals surface area contributed by atoms with Crippen molar-refractivity contribution in [2.45, 2.75) is 30.8 Å². The number of guanidine groups is 1. The minimum atomic E-state index is 0.106. The van der Waals surface area contributed by atoms with Crippen LogP contribution in [0, 0.1) is 0 Å². The highest BCUT2D eigenvalue weighted by Crippen LogP contribution is 2.30. The van der Waals surface area contributed by atoms with Gasteiger partial charge in [-0.3, -0.25) is 4.99 Å². The van der Waals surface area contributed by atoms with Crippen molar-refractivity contribution in [3.8, 4) is 11.5 Å². The number of ether oxygens (including phenoxy) is 3. The lowest BCUT2D eigenvalue weighted by Crippen LogP contribution is -2.57. The second-order valence-corrected chi connectivity index (χ2v) is 8.30. The summed E-state index contributed by atoms with van der Waals surface area (Å²) in [6.07, 6.45) is 3.10. The predicted octanol–water partition coefficient (Wildman–Crippen LogP) is 1.56. The average Bonchev–Trinajstić information content (AvgIpc) is 3.25. The first kappa shape index (κ1) is 22.5. The smallest absolute Gasteiger partial charge is 0.191 e. The van der Waals surface area contributed by atoms with E-state index in [1.807, 2.05) is 13.1 Å². The van der Waals surface area contributed by atoms with Crippen LogP contribution < -0.4 is 25.0 Å². The van der Waals surface area contributed by atoms with Gasteiger partial charge in [0.15, 0.2) is 5.96 Å². The summed E-state index contributed by atoms with van der Waals surface area (Å²) in [4.78, 5) is 9.14. The lowest BCUT2D eigenvalue weighted by molar-refractivity contribution is -0.00502. The number of nitrogens with one attached hydrogen (secondary N) is 2. The standard InChI is InChI=1S/C22H37N5O3/c1-23-21(24-16-22(26(2)3)7-10-30-11-8-22)25-17-6-9-27(15-17)18-12-19(28-4)14-20(13-18)29-5/h12-14,17H,6-11,15-16H2,1-5H3,(H2,23,24,25). The van der Waals surface area contributed by atoms with E-state index < -0.39 is 0 Å². The molecule has 1 aromatic rings. The fourth-order valence-corrected chi connectivity index (χ4v) is 4.26. The molecule has 2 N–H and O–H groups in total. The molecule has 0 spiro atoms. The van der Waals surface area contributed by atoms with Gasteiger partial charge in [0.1, 0.15) is 11.5 Å². The van der Waals surface area contributed by atoms with Gasteiger partial charge in [-0.05, 0) is 33.4 Å². The molecule has 0 saturated carbocycles. The van der Waals surface area contributed by atoms with Gasteiger partial charge in [0.05, 0.1) is 14.2 Å². The summed E-state index contributed by atoms with van der Waals surface area (Å²) in [7, 11) is 9.51. The van der Waals surface area contributed by atoms with Gasteiger partial charge in [-0.2, -0.15) is 0 Å². The molecule has 168 valence electrons. The van der Waals surface area contributed by atoms with Gasteiger partial charge in [-0.25, -0.2) is 0 Å². The van der Waals surface area contributed by atoms with Gasteiger partial charge >= 0.3 is 0 Å². The molecular formula is C22H37N5O3. The highest BCUT2D eigenvalue weighted by Gasteiger charge is 2.35. The molecule has 0 aliphatic carbocycles. The second-order valence-electron chi connectivity index (χ2n) is 8.30. The van der Waals surface area contributed by atoms with Gasteiger partial charge < -0.3 is 34.6 Å². The van der Waals surface area contributed by atoms with Crippen LogP contribution in [0.4, 0.5) is 5.69 Å². The van der Waals surface area contributed by atoms with Crippen molar-refractivity contribution < 1.29 is 14.2 Å². The molecule has 2 fully saturated rings. The molecule has 1 atom stereocenters. The molecule has 0 radical (unpaired) electrons. The summed E-state index contributed by atoms with van der Waals surface area (Å²) in [5.74, 6) is 2.48. The van der Waals surface area contributed by atoms with Crippen LogP contribution in [0.25, 0.3) is 0 Å². The maximum Gasteiger partial charge on any atom is 0.191 e. The first-order valence-corrected chi connectivity index (χ1v) is 10.7. The summed E-state index contributed by atoms with van der Waals surface area (Å²) in [5, 5.41) is 7.17. The minimum absolute atomic E-state index is 0.106. The van der Waals surface area contributed by atoms with E-state index in [0.717, 1.165) is 75.3 Å². The summed E-state index contributed by atoms with van der Waals surface area (Å²) < 4.78 is 16.4. The highest BCUT2D eigenvalue weighted by atomic mass is 16.5. The SMILES string of the molecule is CN=C(NCC1(N(C)C)CCOCC1)NC1CCN(c2cc(OC)cc(OC)c2)C1. The fourth-order valence-electron chi connectivity index (χ4n) is 4.26. The molecule has 8 heteroatoms. The number of anilines is 1. The third-order valence-corrected chi connectivity index (χ3v) is 6.41. The number of hydrogen-bond acceptors (Lipinski definition) is 6. The Kier molecular flexibility index (Phi) is 7.66. The Balaban J connectivity index is 1.57. The molecule has 2 saturated heterocycles. The van der Waals surface area contributed by atoms with Crippen molar-refractivity contribution in [1.82, 2.24) is 15.5 Å². The van der Waals surface area contributed by atoms with E-state index in [2.05, 4.69) is 51.7 Å². The number of methoxy groups -OCH3 is 2. The number of likely N-dealkylation sites (N-methyl/N-ethyl adjacent to an activating group) is 1. The van der Waals surface area contributed by atoms with Crippen molar-refractivity contribution in [3.05, 3.63) is 18.2 Å². The predicted molar refractivity (Wildman–Crippen MR) is 121 cm³/mol. The fraction of sp³-hybridized carbons (Fsp3) is 0.682. The number of benzene rings is 1. The van der Waals surface area contributed by atoms with Crippen LogP contribution in [0.2, 0.25) is 0 Å². The van der Waals surface area contributed by atoms with Crippen molar-refractivity contribution >= 4 is 11.6 Å². The van der Waals surface area contributed by atoms with Crippen LogP contribution in [0.5, 0.6) is 11.5 Å². The first-order valence-electron chi connectivity index (χ1n) is 10.7. The van der Waals surface area contributed by atoms with E-state index in [-0.39, 0.29) is 5.54 Å². The summed E-state index contributed by atoms with van der Waals surface area (Å²) in [6.45, 7) is 4.36. The Labute approximate surface area is 180 Å². The molecule has 0 aromatic heterocycles. The summed E-state index contributed by atoms with van der Waals surface area (Å²) in [6, 6.07) is 6.35. The number of hydrogen-bond donors (Lipinski definition) is 2. The Bertz CT molecular complexity index is 696. The monoisotopic (exact) mass is 419 g/mol. The second kappa shape index (κ2) is 10.2. The van der Waals surface area contributed by atoms with Crippen LogP contribution in [-0.4, -0.2) is 90.7 Å². The minimum Gasteiger partial charge on any atom is -0.497 e. The van der Waals surface area contributed by atoms with Gasteiger partial charge in [0.2, 0.25) is 0 Å². The summed E-state index contributed by atoms with van der Waals surface area (Å²) in [5.41, 5.74) is 1.22. The zero-order chi connectivity index (χ0) is 21.6. The maximum absolute atomic E-state index is 5.58. The Morgan fingerprint density at radius 1 is 1.20 bits per heavy atom. The maximum atomic E-state index is 5.58. The highest BCUT2D eigenvalue weighted by molar-refractivity contribution is 5.80. The van der Waals surface area contributed by atoms with Crippen molar-refractivity contribution in [2.24, 2.45) is 4.99 Å². The van der Waals surface area contributed by atoms with Crippen LogP contribution in [0.1, 0.15) is 19.3 Å². The third-order valence-electron chi connectivity index (χ3n) is 6.41. The average molecular weight is 420 g/mol. The normalized spacial score (nSPS) is 21.6. The molecule has 1 aromatic carbocycles. The van der Waals surface area contributed by atoms with E-state index in [4.69, 9.17) is 14.2 Å². The van der Waals surface area contributed by atoms with Crippen LogP contribution in [0.3, 0.4) is 0 Å². The summed E-state index contributed by atoms with van der Waals surface area (Å²) >= 11 is 0. The zero-order valence-electron chi connectivity index (χ0n) is 19.0. The van der Waals surface area contributed by atoms with Crippen molar-refractivity contribution in [1.29, 1.82) is 0 Å². The van der Waals surface area contributed by atoms with E-state index in [0.29, 0.717) is 6.04 Å². The van der Waals surface area contributed by atoms with E-state index in [1.165, 1.54) is 0 Å². The van der Waals surface area contributed by atoms with Gasteiger partial charge in [-0.15, -0.1) is 0 Å². The van der Waals surface area contributed by atoms with Crippen LogP contribution in [-0.2, 0) is 4.74 Å². The van der Waals surface area contributed by atoms with Crippen molar-refractivity contribution in [3.63, 3.8) is 0 Å². The lowest BCUT2D eigenvalue weighted by atomic mass is 9.88. The van der Waals surface area contributed by atoms with E-state index in [1.54, 1.807) is 14.2 Å². The van der Waals surface area contributed by atoms with Crippen LogP contribution >= 0.6 is 0 Å². The van der Waals surface area contributed by atoms with Gasteiger partial charge in [-0.1, -0.05) is 0 Å². The molecule has 2 aliphatic heterocycles.